The van der Waals surface area contributed by atoms with Crippen LogP contribution in [0.25, 0.3) is 0 Å². The molecule has 0 spiro atoms. The third-order valence-electron chi connectivity index (χ3n) is 2.82. The quantitative estimate of drug-likeness (QED) is 0.850. The molecule has 0 aliphatic heterocycles. The topological polar surface area (TPSA) is 21.3 Å². The van der Waals surface area contributed by atoms with Gasteiger partial charge < -0.3 is 10.1 Å². The van der Waals surface area contributed by atoms with Gasteiger partial charge in [-0.1, -0.05) is 18.2 Å². The summed E-state index contributed by atoms with van der Waals surface area (Å²) in [7, 11) is 3.41. The minimum atomic E-state index is -4.28. The van der Waals surface area contributed by atoms with Crippen LogP contribution in [-0.4, -0.2) is 26.8 Å². The molecule has 0 aliphatic rings. The highest BCUT2D eigenvalue weighted by molar-refractivity contribution is 5.26. The highest BCUT2D eigenvalue weighted by Crippen LogP contribution is 2.29. The largest absolute Gasteiger partial charge is 0.416 e. The third kappa shape index (κ3) is 4.66. The summed E-state index contributed by atoms with van der Waals surface area (Å²) < 4.78 is 42.6. The molecule has 5 heteroatoms. The molecule has 2 nitrogen and oxygen atoms in total. The van der Waals surface area contributed by atoms with Crippen LogP contribution >= 0.6 is 0 Å². The van der Waals surface area contributed by atoms with Gasteiger partial charge in [0.1, 0.15) is 0 Å². The maximum atomic E-state index is 12.6. The second kappa shape index (κ2) is 6.75. The number of alkyl halides is 3. The molecule has 0 radical (unpaired) electrons. The number of nitrogens with one attached hydrogen (secondary N) is 1. The maximum Gasteiger partial charge on any atom is 0.416 e. The Kier molecular flexibility index (Phi) is 5.62. The van der Waals surface area contributed by atoms with E-state index in [0.717, 1.165) is 12.5 Å². The van der Waals surface area contributed by atoms with Crippen molar-refractivity contribution in [1.82, 2.24) is 5.32 Å². The molecule has 0 saturated carbocycles. The van der Waals surface area contributed by atoms with E-state index in [4.69, 9.17) is 4.74 Å². The number of halogens is 3. The number of likely N-dealkylation sites (N-methyl/N-ethyl adjacent to an activating group) is 1. The Morgan fingerprint density at radius 1 is 1.33 bits per heavy atom. The van der Waals surface area contributed by atoms with Crippen molar-refractivity contribution in [1.29, 1.82) is 0 Å². The van der Waals surface area contributed by atoms with Crippen molar-refractivity contribution in [3.63, 3.8) is 0 Å². The van der Waals surface area contributed by atoms with E-state index in [0.29, 0.717) is 18.6 Å². The Balaban J connectivity index is 2.71. The lowest BCUT2D eigenvalue weighted by molar-refractivity contribution is -0.137. The highest BCUT2D eigenvalue weighted by Gasteiger charge is 2.30. The molecule has 0 bridgehead atoms. The van der Waals surface area contributed by atoms with Crippen LogP contribution in [-0.2, 0) is 17.3 Å². The monoisotopic (exact) mass is 261 g/mol. The summed E-state index contributed by atoms with van der Waals surface area (Å²) >= 11 is 0. The van der Waals surface area contributed by atoms with E-state index >= 15 is 0 Å². The number of rotatable bonds is 6. The van der Waals surface area contributed by atoms with E-state index in [-0.39, 0.29) is 6.04 Å². The number of benzene rings is 1. The van der Waals surface area contributed by atoms with Gasteiger partial charge in [0.2, 0.25) is 0 Å². The summed E-state index contributed by atoms with van der Waals surface area (Å²) in [5.74, 6) is 0. The van der Waals surface area contributed by atoms with Crippen LogP contribution < -0.4 is 5.32 Å². The first-order valence-corrected chi connectivity index (χ1v) is 5.79. The van der Waals surface area contributed by atoms with Crippen molar-refractivity contribution in [2.24, 2.45) is 0 Å². The van der Waals surface area contributed by atoms with E-state index in [1.807, 2.05) is 0 Å². The Labute approximate surface area is 105 Å². The van der Waals surface area contributed by atoms with Crippen LogP contribution in [0.5, 0.6) is 0 Å². The molecule has 1 atom stereocenters. The molecule has 1 aromatic carbocycles. The normalized spacial score (nSPS) is 13.6. The fourth-order valence-electron chi connectivity index (χ4n) is 1.77. The second-order valence-corrected chi connectivity index (χ2v) is 4.17. The first-order valence-electron chi connectivity index (χ1n) is 5.79. The molecule has 0 fully saturated rings. The summed E-state index contributed by atoms with van der Waals surface area (Å²) in [5.41, 5.74) is 0.0851. The van der Waals surface area contributed by atoms with Crippen molar-refractivity contribution in [2.75, 3.05) is 20.8 Å². The summed E-state index contributed by atoms with van der Waals surface area (Å²) in [6, 6.07) is 5.58. The van der Waals surface area contributed by atoms with E-state index in [9.17, 15) is 13.2 Å². The Hall–Kier alpha value is -1.07. The number of hydrogen-bond acceptors (Lipinski definition) is 2. The Bertz CT molecular complexity index is 365. The number of ether oxygens (including phenoxy) is 1. The third-order valence-corrected chi connectivity index (χ3v) is 2.82. The van der Waals surface area contributed by atoms with Gasteiger partial charge in [0.15, 0.2) is 0 Å². The van der Waals surface area contributed by atoms with Crippen LogP contribution in [0.4, 0.5) is 13.2 Å². The van der Waals surface area contributed by atoms with E-state index in [1.165, 1.54) is 12.1 Å². The van der Waals surface area contributed by atoms with Gasteiger partial charge in [-0.2, -0.15) is 13.2 Å². The molecular formula is C13H18F3NO. The smallest absolute Gasteiger partial charge is 0.385 e. The summed E-state index contributed by atoms with van der Waals surface area (Å²) in [5, 5.41) is 3.08. The van der Waals surface area contributed by atoms with E-state index < -0.39 is 11.7 Å². The molecule has 0 aromatic heterocycles. The number of hydrogen-bond donors (Lipinski definition) is 1. The predicted octanol–water partition coefficient (Wildman–Crippen LogP) is 2.87. The lowest BCUT2D eigenvalue weighted by Gasteiger charge is -2.16. The Morgan fingerprint density at radius 3 is 2.61 bits per heavy atom. The zero-order valence-electron chi connectivity index (χ0n) is 10.6. The maximum absolute atomic E-state index is 12.6. The SMILES string of the molecule is CNC(CCOC)Cc1cccc(C(F)(F)F)c1. The molecule has 18 heavy (non-hydrogen) atoms. The standard InChI is InChI=1S/C13H18F3NO/c1-17-12(6-7-18-2)9-10-4-3-5-11(8-10)13(14,15)16/h3-5,8,12,17H,6-7,9H2,1-2H3. The average molecular weight is 261 g/mol. The zero-order valence-corrected chi connectivity index (χ0v) is 10.6. The van der Waals surface area contributed by atoms with Crippen molar-refractivity contribution >= 4 is 0 Å². The van der Waals surface area contributed by atoms with Crippen molar-refractivity contribution < 1.29 is 17.9 Å². The first-order chi connectivity index (χ1) is 8.47. The number of methoxy groups -OCH3 is 1. The minimum Gasteiger partial charge on any atom is -0.385 e. The van der Waals surface area contributed by atoms with Gasteiger partial charge in [0, 0.05) is 19.8 Å². The molecule has 1 aromatic rings. The van der Waals surface area contributed by atoms with Crippen LogP contribution in [0.1, 0.15) is 17.5 Å². The molecule has 1 rings (SSSR count). The minimum absolute atomic E-state index is 0.119. The van der Waals surface area contributed by atoms with Gasteiger partial charge in [0.05, 0.1) is 5.56 Å². The molecule has 1 N–H and O–H groups in total. The zero-order chi connectivity index (χ0) is 13.6. The highest BCUT2D eigenvalue weighted by atomic mass is 19.4. The molecule has 0 saturated heterocycles. The van der Waals surface area contributed by atoms with Crippen molar-refractivity contribution in [3.05, 3.63) is 35.4 Å². The molecule has 102 valence electrons. The van der Waals surface area contributed by atoms with Gasteiger partial charge in [0.25, 0.3) is 0 Å². The molecule has 0 amide bonds. The van der Waals surface area contributed by atoms with Crippen LogP contribution in [0.15, 0.2) is 24.3 Å². The van der Waals surface area contributed by atoms with Crippen molar-refractivity contribution in [3.8, 4) is 0 Å². The van der Waals surface area contributed by atoms with E-state index in [2.05, 4.69) is 5.32 Å². The summed E-state index contributed by atoms with van der Waals surface area (Å²) in [6.45, 7) is 0.588. The molecule has 0 aliphatic carbocycles. The fourth-order valence-corrected chi connectivity index (χ4v) is 1.77. The Morgan fingerprint density at radius 2 is 2.06 bits per heavy atom. The van der Waals surface area contributed by atoms with Crippen LogP contribution in [0.2, 0.25) is 0 Å². The molecule has 1 unspecified atom stereocenters. The second-order valence-electron chi connectivity index (χ2n) is 4.17. The van der Waals surface area contributed by atoms with Gasteiger partial charge in [-0.05, 0) is 31.5 Å². The van der Waals surface area contributed by atoms with Gasteiger partial charge >= 0.3 is 6.18 Å². The average Bonchev–Trinajstić information content (AvgIpc) is 2.33. The van der Waals surface area contributed by atoms with Gasteiger partial charge in [-0.25, -0.2) is 0 Å². The van der Waals surface area contributed by atoms with E-state index in [1.54, 1.807) is 20.2 Å². The fraction of sp³-hybridized carbons (Fsp3) is 0.538. The van der Waals surface area contributed by atoms with Crippen LogP contribution in [0, 0.1) is 0 Å². The van der Waals surface area contributed by atoms with Crippen LogP contribution in [0.3, 0.4) is 0 Å². The van der Waals surface area contributed by atoms with Gasteiger partial charge in [-0.15, -0.1) is 0 Å². The molecular weight excluding hydrogens is 243 g/mol. The summed E-state index contributed by atoms with van der Waals surface area (Å²) in [4.78, 5) is 0. The van der Waals surface area contributed by atoms with Gasteiger partial charge in [-0.3, -0.25) is 0 Å². The van der Waals surface area contributed by atoms with Crippen molar-refractivity contribution in [2.45, 2.75) is 25.1 Å². The predicted molar refractivity (Wildman–Crippen MR) is 64.5 cm³/mol. The summed E-state index contributed by atoms with van der Waals surface area (Å²) in [6.07, 6.45) is -2.95. The lowest BCUT2D eigenvalue weighted by atomic mass is 10.0. The molecule has 0 heterocycles. The first kappa shape index (κ1) is 15.0. The lowest BCUT2D eigenvalue weighted by Crippen LogP contribution is -2.29.